The zero-order valence-corrected chi connectivity index (χ0v) is 26.1. The van der Waals surface area contributed by atoms with E-state index in [1.54, 1.807) is 0 Å². The predicted octanol–water partition coefficient (Wildman–Crippen LogP) is 10.1. The Hall–Kier alpha value is -2.46. The van der Waals surface area contributed by atoms with E-state index < -0.39 is 8.32 Å². The molecule has 0 saturated heterocycles. The molecule has 0 fully saturated rings. The Morgan fingerprint density at radius 2 is 1.71 bits per heavy atom. The van der Waals surface area contributed by atoms with Gasteiger partial charge in [0.2, 0.25) is 0 Å². The van der Waals surface area contributed by atoms with Crippen LogP contribution in [0.15, 0.2) is 72.3 Å². The Morgan fingerprint density at radius 1 is 0.974 bits per heavy atom. The lowest BCUT2D eigenvalue weighted by Gasteiger charge is -2.37. The van der Waals surface area contributed by atoms with Crippen LogP contribution >= 0.6 is 0 Å². The van der Waals surface area contributed by atoms with E-state index in [0.29, 0.717) is 18.4 Å². The molecule has 4 heteroatoms. The second-order valence-electron chi connectivity index (χ2n) is 12.2. The highest BCUT2D eigenvalue weighted by Crippen LogP contribution is 2.41. The molecule has 38 heavy (non-hydrogen) atoms. The van der Waals surface area contributed by atoms with E-state index in [0.717, 1.165) is 49.4 Å². The van der Waals surface area contributed by atoms with E-state index in [-0.39, 0.29) is 11.1 Å². The molecule has 0 amide bonds. The molecule has 3 rings (SSSR count). The van der Waals surface area contributed by atoms with Crippen molar-refractivity contribution in [3.05, 3.63) is 77.9 Å². The minimum Gasteiger partial charge on any atom is -0.541 e. The number of allylic oxidation sites excluding steroid dienone is 2. The van der Waals surface area contributed by atoms with Gasteiger partial charge in [-0.2, -0.15) is 0 Å². The lowest BCUT2D eigenvalue weighted by Crippen LogP contribution is -2.43. The zero-order valence-electron chi connectivity index (χ0n) is 25.1. The molecule has 0 aliphatic heterocycles. The number of ether oxygens (including phenoxy) is 2. The van der Waals surface area contributed by atoms with Crippen LogP contribution in [0.3, 0.4) is 0 Å². The molecule has 208 valence electrons. The first kappa shape index (κ1) is 30.1. The molecule has 0 saturated carbocycles. The summed E-state index contributed by atoms with van der Waals surface area (Å²) in [5, 5.41) is 0.139. The zero-order chi connectivity index (χ0) is 27.8. The first-order valence-electron chi connectivity index (χ1n) is 14.6. The third-order valence-corrected chi connectivity index (χ3v) is 12.7. The van der Waals surface area contributed by atoms with Crippen LogP contribution in [0.4, 0.5) is 0 Å². The van der Waals surface area contributed by atoms with Gasteiger partial charge in [-0.25, -0.2) is 0 Å². The van der Waals surface area contributed by atoms with Gasteiger partial charge in [-0.05, 0) is 97.1 Å². The third-order valence-electron chi connectivity index (χ3n) is 8.36. The summed E-state index contributed by atoms with van der Waals surface area (Å²) in [4.78, 5) is 0. The molecule has 3 nitrogen and oxygen atoms in total. The lowest BCUT2D eigenvalue weighted by molar-refractivity contribution is 0.250. The highest BCUT2D eigenvalue weighted by molar-refractivity contribution is 6.74. The first-order chi connectivity index (χ1) is 18.0. The average Bonchev–Trinajstić information content (AvgIpc) is 2.89. The maximum absolute atomic E-state index is 6.70. The Kier molecular flexibility index (Phi) is 10.7. The van der Waals surface area contributed by atoms with Gasteiger partial charge in [0, 0.05) is 6.42 Å². The van der Waals surface area contributed by atoms with Gasteiger partial charge in [-0.15, -0.1) is 0 Å². The third kappa shape index (κ3) is 8.27. The van der Waals surface area contributed by atoms with Crippen LogP contribution in [0.1, 0.15) is 85.1 Å². The van der Waals surface area contributed by atoms with Crippen molar-refractivity contribution >= 4 is 8.32 Å². The van der Waals surface area contributed by atoms with Gasteiger partial charge in [0.15, 0.2) is 5.75 Å². The summed E-state index contributed by atoms with van der Waals surface area (Å²) in [6, 6.07) is 16.6. The fourth-order valence-corrected chi connectivity index (χ4v) is 5.52. The maximum Gasteiger partial charge on any atom is 0.250 e. The summed E-state index contributed by atoms with van der Waals surface area (Å²) >= 11 is 0. The Balaban J connectivity index is 1.59. The van der Waals surface area contributed by atoms with Gasteiger partial charge in [0.05, 0.1) is 6.61 Å². The maximum atomic E-state index is 6.70. The van der Waals surface area contributed by atoms with E-state index in [1.165, 1.54) is 11.1 Å². The monoisotopic (exact) mass is 534 g/mol. The predicted molar refractivity (Wildman–Crippen MR) is 164 cm³/mol. The summed E-state index contributed by atoms with van der Waals surface area (Å²) in [6.45, 7) is 18.9. The largest absolute Gasteiger partial charge is 0.541 e. The molecule has 0 bridgehead atoms. The van der Waals surface area contributed by atoms with Crippen molar-refractivity contribution in [2.24, 2.45) is 5.92 Å². The molecule has 3 atom stereocenters. The van der Waals surface area contributed by atoms with E-state index in [2.05, 4.69) is 91.1 Å². The highest BCUT2D eigenvalue weighted by Gasteiger charge is 2.39. The van der Waals surface area contributed by atoms with Crippen molar-refractivity contribution in [2.45, 2.75) is 104 Å². The molecule has 1 aliphatic carbocycles. The van der Waals surface area contributed by atoms with Gasteiger partial charge in [0.1, 0.15) is 17.6 Å². The van der Waals surface area contributed by atoms with E-state index in [4.69, 9.17) is 13.9 Å². The van der Waals surface area contributed by atoms with Crippen molar-refractivity contribution in [1.29, 1.82) is 0 Å². The van der Waals surface area contributed by atoms with Crippen molar-refractivity contribution in [3.8, 4) is 17.2 Å². The van der Waals surface area contributed by atoms with Crippen LogP contribution in [0.5, 0.6) is 17.2 Å². The normalized spacial score (nSPS) is 17.5. The molecule has 2 unspecified atom stereocenters. The molecule has 0 radical (unpaired) electrons. The van der Waals surface area contributed by atoms with Gasteiger partial charge >= 0.3 is 0 Å². The standard InChI is InChI=1S/C34H50O3Si/c1-9-26(3)29-20-23-32(37-38(7,8)34(4,5)6)33(25-29)35-24-14-15-27(10-2)28-18-21-31(22-19-28)36-30-16-12-11-13-17-30/h11-13,16-21,23,25-27,31H,9-10,14-15,22,24H2,1-8H3/t26-,27?,31?/m1/s1. The fraction of sp³-hybridized carbons (Fsp3) is 0.529. The Labute approximate surface area is 233 Å². The van der Waals surface area contributed by atoms with E-state index >= 15 is 0 Å². The fourth-order valence-electron chi connectivity index (χ4n) is 4.49. The van der Waals surface area contributed by atoms with Crippen LogP contribution in [-0.2, 0) is 0 Å². The summed E-state index contributed by atoms with van der Waals surface area (Å²) in [6.07, 6.45) is 12.2. The van der Waals surface area contributed by atoms with Crippen molar-refractivity contribution in [2.75, 3.05) is 6.61 Å². The Bertz CT molecular complexity index is 1060. The van der Waals surface area contributed by atoms with E-state index in [1.807, 2.05) is 30.3 Å². The minimum atomic E-state index is -1.96. The highest BCUT2D eigenvalue weighted by atomic mass is 28.4. The molecular formula is C34H50O3Si. The molecule has 0 heterocycles. The number of hydrogen-bond donors (Lipinski definition) is 0. The smallest absolute Gasteiger partial charge is 0.250 e. The Morgan fingerprint density at radius 3 is 2.32 bits per heavy atom. The molecular weight excluding hydrogens is 484 g/mol. The van der Waals surface area contributed by atoms with Gasteiger partial charge in [0.25, 0.3) is 8.32 Å². The van der Waals surface area contributed by atoms with Crippen LogP contribution in [0.25, 0.3) is 0 Å². The second-order valence-corrected chi connectivity index (χ2v) is 17.0. The number of rotatable bonds is 13. The van der Waals surface area contributed by atoms with Crippen LogP contribution < -0.4 is 13.9 Å². The summed E-state index contributed by atoms with van der Waals surface area (Å²) in [5.41, 5.74) is 2.75. The second kappa shape index (κ2) is 13.6. The van der Waals surface area contributed by atoms with Gasteiger partial charge in [-0.1, -0.05) is 78.0 Å². The topological polar surface area (TPSA) is 27.7 Å². The van der Waals surface area contributed by atoms with Gasteiger partial charge < -0.3 is 13.9 Å². The average molecular weight is 535 g/mol. The number of para-hydroxylation sites is 1. The van der Waals surface area contributed by atoms with Crippen LogP contribution in [0.2, 0.25) is 18.1 Å². The van der Waals surface area contributed by atoms with Crippen LogP contribution in [-0.4, -0.2) is 21.0 Å². The number of benzene rings is 2. The summed E-state index contributed by atoms with van der Waals surface area (Å²) in [5.74, 6) is 3.78. The molecule has 1 aliphatic rings. The number of hydrogen-bond acceptors (Lipinski definition) is 3. The summed E-state index contributed by atoms with van der Waals surface area (Å²) < 4.78 is 19.2. The minimum absolute atomic E-state index is 0.110. The lowest BCUT2D eigenvalue weighted by atomic mass is 9.88. The molecule has 2 aromatic rings. The molecule has 0 N–H and O–H groups in total. The van der Waals surface area contributed by atoms with Gasteiger partial charge in [-0.3, -0.25) is 0 Å². The van der Waals surface area contributed by atoms with Crippen LogP contribution in [0, 0.1) is 5.92 Å². The summed E-state index contributed by atoms with van der Waals surface area (Å²) in [7, 11) is -1.96. The first-order valence-corrected chi connectivity index (χ1v) is 17.5. The van der Waals surface area contributed by atoms with E-state index in [9.17, 15) is 0 Å². The van der Waals surface area contributed by atoms with Crippen molar-refractivity contribution in [3.63, 3.8) is 0 Å². The SMILES string of the molecule is CCC(CCCOc1cc([C@H](C)CC)ccc1O[Si](C)(C)C(C)(C)C)C1=CCC(Oc2ccccc2)C=C1. The quantitative estimate of drug-likeness (QED) is 0.189. The molecule has 0 aromatic heterocycles. The van der Waals surface area contributed by atoms with Crippen molar-refractivity contribution in [1.82, 2.24) is 0 Å². The van der Waals surface area contributed by atoms with Crippen molar-refractivity contribution < 1.29 is 13.9 Å². The molecule has 2 aromatic carbocycles. The molecule has 0 spiro atoms.